The average Bonchev–Trinajstić information content (AvgIpc) is 2.60. The molecule has 2 rings (SSSR count). The van der Waals surface area contributed by atoms with Gasteiger partial charge in [-0.3, -0.25) is 4.55 Å². The van der Waals surface area contributed by atoms with Gasteiger partial charge in [-0.05, 0) is 83.0 Å². The SMILES string of the molecule is CCCCc1c(S(=O)(=O)O)cc2c(C)c(CC(C)(C)CCC)ccc2c1C(C)C. The van der Waals surface area contributed by atoms with Gasteiger partial charge in [-0.1, -0.05) is 66.5 Å². The Morgan fingerprint density at radius 1 is 1.07 bits per heavy atom. The van der Waals surface area contributed by atoms with Crippen LogP contribution in [0.2, 0.25) is 0 Å². The van der Waals surface area contributed by atoms with Crippen LogP contribution in [-0.2, 0) is 23.0 Å². The molecule has 2 aromatic rings. The maximum atomic E-state index is 12.3. The van der Waals surface area contributed by atoms with Crippen molar-refractivity contribution in [1.82, 2.24) is 0 Å². The smallest absolute Gasteiger partial charge is 0.282 e. The Balaban J connectivity index is 2.82. The summed E-state index contributed by atoms with van der Waals surface area (Å²) in [6.45, 7) is 15.2. The second kappa shape index (κ2) is 9.18. The van der Waals surface area contributed by atoms with Gasteiger partial charge in [-0.15, -0.1) is 0 Å². The van der Waals surface area contributed by atoms with Gasteiger partial charge in [0.05, 0.1) is 4.90 Å². The van der Waals surface area contributed by atoms with Gasteiger partial charge in [0.1, 0.15) is 0 Å². The number of aryl methyl sites for hydroxylation is 1. The Morgan fingerprint density at radius 3 is 2.24 bits per heavy atom. The number of hydrogen-bond donors (Lipinski definition) is 1. The highest BCUT2D eigenvalue weighted by Gasteiger charge is 2.25. The molecule has 0 spiro atoms. The Kier molecular flexibility index (Phi) is 7.56. The van der Waals surface area contributed by atoms with Gasteiger partial charge < -0.3 is 0 Å². The first kappa shape index (κ1) is 23.9. The third kappa shape index (κ3) is 5.40. The Bertz CT molecular complexity index is 969. The van der Waals surface area contributed by atoms with Gasteiger partial charge in [-0.2, -0.15) is 8.42 Å². The van der Waals surface area contributed by atoms with E-state index in [0.717, 1.165) is 59.6 Å². The highest BCUT2D eigenvalue weighted by atomic mass is 32.2. The van der Waals surface area contributed by atoms with Crippen LogP contribution in [0.1, 0.15) is 95.4 Å². The zero-order valence-electron chi connectivity index (χ0n) is 19.2. The summed E-state index contributed by atoms with van der Waals surface area (Å²) in [4.78, 5) is 0.0928. The van der Waals surface area contributed by atoms with Crippen molar-refractivity contribution in [2.24, 2.45) is 5.41 Å². The van der Waals surface area contributed by atoms with Crippen molar-refractivity contribution >= 4 is 20.9 Å². The number of unbranched alkanes of at least 4 members (excludes halogenated alkanes) is 1. The van der Waals surface area contributed by atoms with Crippen LogP contribution < -0.4 is 0 Å². The van der Waals surface area contributed by atoms with Crippen LogP contribution in [0, 0.1) is 12.3 Å². The molecule has 0 aliphatic carbocycles. The van der Waals surface area contributed by atoms with Crippen molar-refractivity contribution in [3.8, 4) is 0 Å². The molecule has 0 saturated carbocycles. The number of hydrogen-bond acceptors (Lipinski definition) is 2. The summed E-state index contributed by atoms with van der Waals surface area (Å²) < 4.78 is 34.6. The maximum Gasteiger partial charge on any atom is 0.294 e. The van der Waals surface area contributed by atoms with Crippen LogP contribution >= 0.6 is 0 Å². The first-order valence-corrected chi connectivity index (χ1v) is 12.4. The molecule has 0 radical (unpaired) electrons. The molecule has 0 unspecified atom stereocenters. The molecule has 0 fully saturated rings. The van der Waals surface area contributed by atoms with Gasteiger partial charge in [0.2, 0.25) is 0 Å². The van der Waals surface area contributed by atoms with Crippen LogP contribution in [0.3, 0.4) is 0 Å². The molecular weight excluding hydrogens is 380 g/mol. The van der Waals surface area contributed by atoms with Crippen molar-refractivity contribution in [1.29, 1.82) is 0 Å². The molecule has 0 aliphatic heterocycles. The molecule has 0 heterocycles. The molecule has 29 heavy (non-hydrogen) atoms. The molecule has 0 atom stereocenters. The fraction of sp³-hybridized carbons (Fsp3) is 0.600. The molecule has 3 nitrogen and oxygen atoms in total. The van der Waals surface area contributed by atoms with E-state index in [9.17, 15) is 13.0 Å². The fourth-order valence-electron chi connectivity index (χ4n) is 4.68. The minimum atomic E-state index is -4.28. The predicted molar refractivity (Wildman–Crippen MR) is 124 cm³/mol. The van der Waals surface area contributed by atoms with Crippen LogP contribution in [0.25, 0.3) is 10.8 Å². The molecule has 0 saturated heterocycles. The maximum absolute atomic E-state index is 12.3. The topological polar surface area (TPSA) is 54.4 Å². The second-order valence-electron chi connectivity index (χ2n) is 9.54. The van der Waals surface area contributed by atoms with E-state index in [1.165, 1.54) is 5.56 Å². The van der Waals surface area contributed by atoms with E-state index >= 15 is 0 Å². The molecule has 4 heteroatoms. The van der Waals surface area contributed by atoms with E-state index in [1.54, 1.807) is 6.07 Å². The predicted octanol–water partition coefficient (Wildman–Crippen LogP) is 7.23. The Labute approximate surface area is 177 Å². The van der Waals surface area contributed by atoms with Crippen LogP contribution in [-0.4, -0.2) is 13.0 Å². The average molecular weight is 419 g/mol. The van der Waals surface area contributed by atoms with E-state index in [4.69, 9.17) is 0 Å². The van der Waals surface area contributed by atoms with Crippen molar-refractivity contribution in [2.75, 3.05) is 0 Å². The first-order chi connectivity index (χ1) is 13.4. The Hall–Kier alpha value is -1.39. The third-order valence-corrected chi connectivity index (χ3v) is 6.97. The van der Waals surface area contributed by atoms with Crippen LogP contribution in [0.5, 0.6) is 0 Å². The second-order valence-corrected chi connectivity index (χ2v) is 10.9. The summed E-state index contributed by atoms with van der Waals surface area (Å²) in [7, 11) is -4.28. The van der Waals surface area contributed by atoms with Crippen molar-refractivity contribution in [3.63, 3.8) is 0 Å². The molecule has 0 amide bonds. The van der Waals surface area contributed by atoms with Gasteiger partial charge in [0.15, 0.2) is 0 Å². The fourth-order valence-corrected chi connectivity index (χ4v) is 5.47. The minimum absolute atomic E-state index is 0.0928. The largest absolute Gasteiger partial charge is 0.294 e. The highest BCUT2D eigenvalue weighted by Crippen LogP contribution is 2.38. The Morgan fingerprint density at radius 2 is 1.72 bits per heavy atom. The van der Waals surface area contributed by atoms with Gasteiger partial charge in [-0.25, -0.2) is 0 Å². The lowest BCUT2D eigenvalue weighted by Gasteiger charge is -2.26. The zero-order chi connectivity index (χ0) is 22.0. The molecule has 0 aliphatic rings. The van der Waals surface area contributed by atoms with E-state index in [-0.39, 0.29) is 16.2 Å². The van der Waals surface area contributed by atoms with Crippen molar-refractivity contribution < 1.29 is 13.0 Å². The highest BCUT2D eigenvalue weighted by molar-refractivity contribution is 7.85. The van der Waals surface area contributed by atoms with E-state index in [2.05, 4.69) is 60.6 Å². The van der Waals surface area contributed by atoms with Gasteiger partial charge in [0.25, 0.3) is 10.1 Å². The molecule has 1 N–H and O–H groups in total. The summed E-state index contributed by atoms with van der Waals surface area (Å²) in [5, 5.41) is 2.07. The van der Waals surface area contributed by atoms with Crippen molar-refractivity contribution in [2.45, 2.75) is 97.8 Å². The normalized spacial score (nSPS) is 12.9. The molecule has 2 aromatic carbocycles. The third-order valence-electron chi connectivity index (χ3n) is 6.05. The summed E-state index contributed by atoms with van der Waals surface area (Å²) in [6, 6.07) is 6.10. The van der Waals surface area contributed by atoms with Crippen molar-refractivity contribution in [3.05, 3.63) is 40.5 Å². The number of fused-ring (bicyclic) bond motifs is 1. The number of benzene rings is 2. The summed E-state index contributed by atoms with van der Waals surface area (Å²) in [5.41, 5.74) is 4.43. The molecular formula is C25H38O3S. The molecule has 0 aromatic heterocycles. The van der Waals surface area contributed by atoms with Crippen LogP contribution in [0.15, 0.2) is 23.1 Å². The molecule has 0 bridgehead atoms. The minimum Gasteiger partial charge on any atom is -0.282 e. The monoisotopic (exact) mass is 418 g/mol. The zero-order valence-corrected chi connectivity index (χ0v) is 20.0. The van der Waals surface area contributed by atoms with E-state index in [0.29, 0.717) is 6.42 Å². The van der Waals surface area contributed by atoms with Gasteiger partial charge >= 0.3 is 0 Å². The standard InChI is InChI=1S/C25H38O3S/c1-8-10-11-21-23(29(26,27)28)15-22-18(5)19(16-25(6,7)14-9-2)12-13-20(22)24(21)17(3)4/h12-13,15,17H,8-11,14,16H2,1-7H3,(H,26,27,28). The molecule has 162 valence electrons. The lowest BCUT2D eigenvalue weighted by Crippen LogP contribution is -2.15. The lowest BCUT2D eigenvalue weighted by molar-refractivity contribution is 0.328. The number of rotatable bonds is 9. The quantitative estimate of drug-likeness (QED) is 0.437. The van der Waals surface area contributed by atoms with E-state index in [1.807, 2.05) is 0 Å². The summed E-state index contributed by atoms with van der Waals surface area (Å²) in [5.74, 6) is 0.174. The summed E-state index contributed by atoms with van der Waals surface area (Å²) in [6.07, 6.45) is 5.79. The summed E-state index contributed by atoms with van der Waals surface area (Å²) >= 11 is 0. The van der Waals surface area contributed by atoms with Gasteiger partial charge in [0, 0.05) is 0 Å². The van der Waals surface area contributed by atoms with E-state index < -0.39 is 10.1 Å². The van der Waals surface area contributed by atoms with Crippen LogP contribution in [0.4, 0.5) is 0 Å². The lowest BCUT2D eigenvalue weighted by atomic mass is 9.79. The first-order valence-electron chi connectivity index (χ1n) is 11.0.